The van der Waals surface area contributed by atoms with Crippen LogP contribution in [0.2, 0.25) is 0 Å². The molecule has 0 saturated carbocycles. The van der Waals surface area contributed by atoms with Crippen LogP contribution in [0.15, 0.2) is 0 Å². The molecule has 1 aliphatic heterocycles. The Morgan fingerprint density at radius 1 is 1.40 bits per heavy atom. The Morgan fingerprint density at radius 3 is 2.55 bits per heavy atom. The monoisotopic (exact) mass is 296 g/mol. The van der Waals surface area contributed by atoms with Crippen molar-refractivity contribution in [3.63, 3.8) is 0 Å². The molecule has 0 spiro atoms. The Bertz CT molecular complexity index is 302. The van der Waals surface area contributed by atoms with Gasteiger partial charge in [-0.15, -0.1) is 0 Å². The molecule has 0 aromatic rings. The summed E-state index contributed by atoms with van der Waals surface area (Å²) in [6.45, 7) is 4.48. The molecule has 0 aromatic carbocycles. The number of rotatable bonds is 6. The van der Waals surface area contributed by atoms with E-state index in [2.05, 4.69) is 17.1 Å². The summed E-state index contributed by atoms with van der Waals surface area (Å²) >= 11 is 0. The Morgan fingerprint density at radius 2 is 2.00 bits per heavy atom. The third-order valence-electron chi connectivity index (χ3n) is 3.52. The molecule has 4 nitrogen and oxygen atoms in total. The number of likely N-dealkylation sites (tertiary alicyclic amines) is 1. The van der Waals surface area contributed by atoms with Gasteiger partial charge in [0.2, 0.25) is 5.91 Å². The molecular formula is C13H23F3N2O2. The number of carbonyl (C=O) groups is 1. The lowest BCUT2D eigenvalue weighted by Crippen LogP contribution is -2.43. The number of amides is 1. The van der Waals surface area contributed by atoms with Crippen molar-refractivity contribution in [1.82, 2.24) is 10.2 Å². The normalized spacial score (nSPS) is 19.9. The molecule has 0 radical (unpaired) electrons. The van der Waals surface area contributed by atoms with Gasteiger partial charge in [0.05, 0.1) is 12.5 Å². The fourth-order valence-electron chi connectivity index (χ4n) is 2.18. The summed E-state index contributed by atoms with van der Waals surface area (Å²) in [5.74, 6) is 0.0269. The van der Waals surface area contributed by atoms with Gasteiger partial charge in [0.1, 0.15) is 0 Å². The van der Waals surface area contributed by atoms with Crippen LogP contribution in [0.1, 0.15) is 32.6 Å². The maximum absolute atomic E-state index is 11.9. The number of β-amino-alcohol motifs (C(OH)–C–C–N with tert-alkyl or cyclic N) is 1. The van der Waals surface area contributed by atoms with Gasteiger partial charge in [-0.25, -0.2) is 0 Å². The van der Waals surface area contributed by atoms with Crippen molar-refractivity contribution in [2.75, 3.05) is 26.2 Å². The molecule has 1 saturated heterocycles. The zero-order chi connectivity index (χ0) is 15.2. The summed E-state index contributed by atoms with van der Waals surface area (Å²) < 4.78 is 35.8. The molecule has 1 aliphatic rings. The van der Waals surface area contributed by atoms with E-state index in [-0.39, 0.29) is 6.54 Å². The van der Waals surface area contributed by atoms with Crippen LogP contribution in [0.4, 0.5) is 13.2 Å². The van der Waals surface area contributed by atoms with Crippen molar-refractivity contribution >= 4 is 5.91 Å². The summed E-state index contributed by atoms with van der Waals surface area (Å²) in [6, 6.07) is 0. The van der Waals surface area contributed by atoms with Crippen LogP contribution in [0.25, 0.3) is 0 Å². The lowest BCUT2D eigenvalue weighted by molar-refractivity contribution is -0.144. The molecule has 1 fully saturated rings. The van der Waals surface area contributed by atoms with Gasteiger partial charge in [-0.3, -0.25) is 4.79 Å². The van der Waals surface area contributed by atoms with E-state index in [1.807, 2.05) is 0 Å². The van der Waals surface area contributed by atoms with E-state index in [0.717, 1.165) is 25.9 Å². The molecule has 118 valence electrons. The predicted octanol–water partition coefficient (Wildman–Crippen LogP) is 1.54. The molecule has 20 heavy (non-hydrogen) atoms. The predicted molar refractivity (Wildman–Crippen MR) is 69.1 cm³/mol. The summed E-state index contributed by atoms with van der Waals surface area (Å²) in [5.41, 5.74) is 0. The summed E-state index contributed by atoms with van der Waals surface area (Å²) in [7, 11) is 0. The number of hydrogen-bond donors (Lipinski definition) is 2. The van der Waals surface area contributed by atoms with E-state index in [1.54, 1.807) is 0 Å². The number of piperidine rings is 1. The van der Waals surface area contributed by atoms with Crippen molar-refractivity contribution in [3.05, 3.63) is 0 Å². The van der Waals surface area contributed by atoms with Gasteiger partial charge in [-0.2, -0.15) is 13.2 Å². The standard InChI is InChI=1S/C13H23F3N2O2/c1-10-3-6-18(7-4-10)9-11(19)8-17-12(20)2-5-13(14,15)16/h10-11,19H,2-9H2,1H3,(H,17,20). The van der Waals surface area contributed by atoms with Crippen LogP contribution in [0, 0.1) is 5.92 Å². The minimum Gasteiger partial charge on any atom is -0.390 e. The lowest BCUT2D eigenvalue weighted by Gasteiger charge is -2.31. The first-order chi connectivity index (χ1) is 9.26. The van der Waals surface area contributed by atoms with Gasteiger partial charge in [0.15, 0.2) is 0 Å². The molecule has 0 aliphatic carbocycles. The summed E-state index contributed by atoms with van der Waals surface area (Å²) in [6.07, 6.45) is -4.59. The van der Waals surface area contributed by atoms with Gasteiger partial charge >= 0.3 is 6.18 Å². The number of halogens is 3. The van der Waals surface area contributed by atoms with Crippen LogP contribution in [0.5, 0.6) is 0 Å². The zero-order valence-corrected chi connectivity index (χ0v) is 11.7. The van der Waals surface area contributed by atoms with Crippen molar-refractivity contribution in [2.24, 2.45) is 5.92 Å². The molecule has 1 rings (SSSR count). The first kappa shape index (κ1) is 17.2. The van der Waals surface area contributed by atoms with Crippen LogP contribution >= 0.6 is 0 Å². The second-order valence-corrected chi connectivity index (χ2v) is 5.56. The van der Waals surface area contributed by atoms with E-state index < -0.39 is 31.0 Å². The van der Waals surface area contributed by atoms with E-state index in [0.29, 0.717) is 12.5 Å². The molecular weight excluding hydrogens is 273 g/mol. The maximum atomic E-state index is 11.9. The number of nitrogens with zero attached hydrogens (tertiary/aromatic N) is 1. The Balaban J connectivity index is 2.13. The minimum absolute atomic E-state index is 0.00272. The fraction of sp³-hybridized carbons (Fsp3) is 0.923. The average Bonchev–Trinajstić information content (AvgIpc) is 2.36. The highest BCUT2D eigenvalue weighted by Gasteiger charge is 2.28. The molecule has 0 bridgehead atoms. The van der Waals surface area contributed by atoms with Gasteiger partial charge in [-0.05, 0) is 31.8 Å². The average molecular weight is 296 g/mol. The number of nitrogens with one attached hydrogen (secondary N) is 1. The molecule has 0 aromatic heterocycles. The fourth-order valence-corrected chi connectivity index (χ4v) is 2.18. The van der Waals surface area contributed by atoms with Gasteiger partial charge in [0, 0.05) is 19.5 Å². The van der Waals surface area contributed by atoms with E-state index in [1.165, 1.54) is 0 Å². The summed E-state index contributed by atoms with van der Waals surface area (Å²) in [4.78, 5) is 13.3. The SMILES string of the molecule is CC1CCN(CC(O)CNC(=O)CCC(F)(F)F)CC1. The molecule has 1 heterocycles. The third-order valence-corrected chi connectivity index (χ3v) is 3.52. The molecule has 1 atom stereocenters. The summed E-state index contributed by atoms with van der Waals surface area (Å²) in [5, 5.41) is 12.1. The number of aliphatic hydroxyl groups excluding tert-OH is 1. The van der Waals surface area contributed by atoms with Crippen molar-refractivity contribution in [3.8, 4) is 0 Å². The third kappa shape index (κ3) is 7.69. The zero-order valence-electron chi connectivity index (χ0n) is 11.7. The van der Waals surface area contributed by atoms with Crippen molar-refractivity contribution in [1.29, 1.82) is 0 Å². The van der Waals surface area contributed by atoms with Crippen LogP contribution in [-0.2, 0) is 4.79 Å². The van der Waals surface area contributed by atoms with E-state index in [4.69, 9.17) is 0 Å². The van der Waals surface area contributed by atoms with Crippen molar-refractivity contribution in [2.45, 2.75) is 44.9 Å². The largest absolute Gasteiger partial charge is 0.390 e. The minimum atomic E-state index is -4.32. The highest BCUT2D eigenvalue weighted by molar-refractivity contribution is 5.75. The second-order valence-electron chi connectivity index (χ2n) is 5.56. The molecule has 1 unspecified atom stereocenters. The van der Waals surface area contributed by atoms with Crippen LogP contribution in [0.3, 0.4) is 0 Å². The highest BCUT2D eigenvalue weighted by atomic mass is 19.4. The first-order valence-corrected chi connectivity index (χ1v) is 7.00. The highest BCUT2D eigenvalue weighted by Crippen LogP contribution is 2.21. The molecule has 2 N–H and O–H groups in total. The number of alkyl halides is 3. The quantitative estimate of drug-likeness (QED) is 0.782. The Labute approximate surface area is 117 Å². The molecule has 7 heteroatoms. The van der Waals surface area contributed by atoms with Gasteiger partial charge in [-0.1, -0.05) is 6.92 Å². The number of hydrogen-bond acceptors (Lipinski definition) is 3. The number of carbonyl (C=O) groups excluding carboxylic acids is 1. The van der Waals surface area contributed by atoms with Crippen molar-refractivity contribution < 1.29 is 23.1 Å². The topological polar surface area (TPSA) is 52.6 Å². The van der Waals surface area contributed by atoms with Crippen LogP contribution < -0.4 is 5.32 Å². The van der Waals surface area contributed by atoms with Crippen LogP contribution in [-0.4, -0.2) is 54.4 Å². The van der Waals surface area contributed by atoms with E-state index in [9.17, 15) is 23.1 Å². The Kier molecular flexibility index (Phi) is 6.75. The Hall–Kier alpha value is -0.820. The second kappa shape index (κ2) is 7.83. The first-order valence-electron chi connectivity index (χ1n) is 7.00. The van der Waals surface area contributed by atoms with Gasteiger partial charge < -0.3 is 15.3 Å². The van der Waals surface area contributed by atoms with E-state index >= 15 is 0 Å². The van der Waals surface area contributed by atoms with Gasteiger partial charge in [0.25, 0.3) is 0 Å². The molecule has 1 amide bonds. The number of aliphatic hydroxyl groups is 1. The lowest BCUT2D eigenvalue weighted by atomic mass is 9.99. The smallest absolute Gasteiger partial charge is 0.389 e. The maximum Gasteiger partial charge on any atom is 0.389 e.